The molecule has 2 aromatic rings. The number of hydrogen-bond donors (Lipinski definition) is 1. The molecule has 2 N–H and O–H groups in total. The van der Waals surface area contributed by atoms with Gasteiger partial charge in [-0.2, -0.15) is 0 Å². The number of benzene rings is 2. The van der Waals surface area contributed by atoms with Crippen LogP contribution < -0.4 is 10.1 Å². The van der Waals surface area contributed by atoms with Crippen molar-refractivity contribution in [2.75, 3.05) is 13.2 Å². The molecule has 0 unspecified atom stereocenters. The van der Waals surface area contributed by atoms with Crippen molar-refractivity contribution in [1.29, 1.82) is 0 Å². The van der Waals surface area contributed by atoms with Gasteiger partial charge in [-0.15, -0.1) is 0 Å². The van der Waals surface area contributed by atoms with Crippen molar-refractivity contribution in [3.05, 3.63) is 63.9 Å². The third-order valence-electron chi connectivity index (χ3n) is 4.15. The van der Waals surface area contributed by atoms with Gasteiger partial charge in [0.25, 0.3) is 0 Å². The molecule has 0 aromatic heterocycles. The Kier molecular flexibility index (Phi) is 6.24. The Labute approximate surface area is 150 Å². The largest absolute Gasteiger partial charge is 0.488 e. The first-order valence-electron chi connectivity index (χ1n) is 8.29. The summed E-state index contributed by atoms with van der Waals surface area (Å²) in [6.07, 6.45) is 2.70. The van der Waals surface area contributed by atoms with Gasteiger partial charge in [0.15, 0.2) is 0 Å². The zero-order valence-electron chi connectivity index (χ0n) is 13.5. The SMILES string of the molecule is Fc1ccc(COc2ccc(Br)cc2C[NH2+]C[C@@H]2CCCO2)cc1. The molecule has 0 spiro atoms. The lowest BCUT2D eigenvalue weighted by atomic mass is 10.2. The van der Waals surface area contributed by atoms with E-state index in [2.05, 4.69) is 27.3 Å². The fourth-order valence-corrected chi connectivity index (χ4v) is 3.25. The summed E-state index contributed by atoms with van der Waals surface area (Å²) in [6, 6.07) is 12.4. The normalized spacial score (nSPS) is 17.2. The van der Waals surface area contributed by atoms with Crippen molar-refractivity contribution in [3.8, 4) is 5.75 Å². The first-order valence-corrected chi connectivity index (χ1v) is 9.09. The summed E-state index contributed by atoms with van der Waals surface area (Å²) in [5, 5.41) is 2.27. The second kappa shape index (κ2) is 8.60. The van der Waals surface area contributed by atoms with Gasteiger partial charge in [0.2, 0.25) is 0 Å². The first kappa shape index (κ1) is 17.4. The smallest absolute Gasteiger partial charge is 0.128 e. The van der Waals surface area contributed by atoms with Crippen molar-refractivity contribution < 1.29 is 19.2 Å². The highest BCUT2D eigenvalue weighted by Gasteiger charge is 2.17. The lowest BCUT2D eigenvalue weighted by Crippen LogP contribution is -2.84. The number of halogens is 2. The molecule has 24 heavy (non-hydrogen) atoms. The summed E-state index contributed by atoms with van der Waals surface area (Å²) in [7, 11) is 0. The quantitative estimate of drug-likeness (QED) is 0.780. The third-order valence-corrected chi connectivity index (χ3v) is 4.64. The minimum Gasteiger partial charge on any atom is -0.488 e. The topological polar surface area (TPSA) is 35.1 Å². The molecule has 3 nitrogen and oxygen atoms in total. The van der Waals surface area contributed by atoms with Crippen molar-refractivity contribution in [2.45, 2.75) is 32.1 Å². The molecule has 0 amide bonds. The summed E-state index contributed by atoms with van der Waals surface area (Å²) in [5.41, 5.74) is 2.10. The second-order valence-electron chi connectivity index (χ2n) is 6.03. The molecule has 3 rings (SSSR count). The van der Waals surface area contributed by atoms with Crippen LogP contribution in [0.3, 0.4) is 0 Å². The predicted octanol–water partition coefficient (Wildman–Crippen LogP) is 3.41. The lowest BCUT2D eigenvalue weighted by Gasteiger charge is -2.13. The van der Waals surface area contributed by atoms with Crippen LogP contribution in [0.5, 0.6) is 5.75 Å². The van der Waals surface area contributed by atoms with E-state index < -0.39 is 0 Å². The van der Waals surface area contributed by atoms with E-state index in [0.717, 1.165) is 47.5 Å². The van der Waals surface area contributed by atoms with E-state index in [1.807, 2.05) is 12.1 Å². The van der Waals surface area contributed by atoms with Gasteiger partial charge in [0.1, 0.15) is 37.4 Å². The van der Waals surface area contributed by atoms with E-state index in [9.17, 15) is 4.39 Å². The molecular formula is C19H22BrFNO2+. The molecule has 1 atom stereocenters. The van der Waals surface area contributed by atoms with Gasteiger partial charge in [0.05, 0.1) is 0 Å². The van der Waals surface area contributed by atoms with Crippen LogP contribution in [0.2, 0.25) is 0 Å². The van der Waals surface area contributed by atoms with Gasteiger partial charge >= 0.3 is 0 Å². The molecule has 2 aromatic carbocycles. The van der Waals surface area contributed by atoms with Crippen molar-refractivity contribution in [2.24, 2.45) is 0 Å². The maximum absolute atomic E-state index is 13.0. The fraction of sp³-hybridized carbons (Fsp3) is 0.368. The number of rotatable bonds is 7. The standard InChI is InChI=1S/C19H21BrFNO2/c20-16-5-8-19(24-13-14-3-6-17(21)7-4-14)15(10-16)11-22-12-18-2-1-9-23-18/h3-8,10,18,22H,1-2,9,11-13H2/p+1/t18-/m0/s1. The highest BCUT2D eigenvalue weighted by molar-refractivity contribution is 9.10. The number of nitrogens with two attached hydrogens (primary N) is 1. The van der Waals surface area contributed by atoms with Crippen LogP contribution in [0, 0.1) is 5.82 Å². The molecule has 1 heterocycles. The van der Waals surface area contributed by atoms with Gasteiger partial charge in [-0.25, -0.2) is 4.39 Å². The van der Waals surface area contributed by atoms with Crippen LogP contribution in [0.1, 0.15) is 24.0 Å². The van der Waals surface area contributed by atoms with Gasteiger partial charge in [-0.3, -0.25) is 0 Å². The zero-order valence-corrected chi connectivity index (χ0v) is 15.1. The summed E-state index contributed by atoms with van der Waals surface area (Å²) < 4.78 is 25.6. The molecular weight excluding hydrogens is 373 g/mol. The van der Waals surface area contributed by atoms with Crippen LogP contribution >= 0.6 is 15.9 Å². The van der Waals surface area contributed by atoms with Gasteiger partial charge in [-0.05, 0) is 48.7 Å². The lowest BCUT2D eigenvalue weighted by molar-refractivity contribution is -0.676. The molecule has 1 aliphatic heterocycles. The summed E-state index contributed by atoms with van der Waals surface area (Å²) >= 11 is 3.52. The van der Waals surface area contributed by atoms with Crippen molar-refractivity contribution >= 4 is 15.9 Å². The van der Waals surface area contributed by atoms with Gasteiger partial charge < -0.3 is 14.8 Å². The Hall–Kier alpha value is -1.43. The molecule has 1 fully saturated rings. The molecule has 0 saturated carbocycles. The summed E-state index contributed by atoms with van der Waals surface area (Å²) in [6.45, 7) is 3.14. The van der Waals surface area contributed by atoms with E-state index in [1.54, 1.807) is 12.1 Å². The molecule has 5 heteroatoms. The summed E-state index contributed by atoms with van der Waals surface area (Å²) in [4.78, 5) is 0. The maximum atomic E-state index is 13.0. The number of hydrogen-bond acceptors (Lipinski definition) is 2. The Morgan fingerprint density at radius 2 is 2.04 bits per heavy atom. The van der Waals surface area contributed by atoms with Crippen molar-refractivity contribution in [1.82, 2.24) is 0 Å². The number of ether oxygens (including phenoxy) is 2. The monoisotopic (exact) mass is 394 g/mol. The van der Waals surface area contributed by atoms with Crippen LogP contribution in [0.25, 0.3) is 0 Å². The Bertz CT molecular complexity index is 657. The van der Waals surface area contributed by atoms with Crippen LogP contribution in [0.15, 0.2) is 46.9 Å². The summed E-state index contributed by atoms with van der Waals surface area (Å²) in [5.74, 6) is 0.637. The van der Waals surface area contributed by atoms with Gasteiger partial charge in [-0.1, -0.05) is 28.1 Å². The van der Waals surface area contributed by atoms with E-state index in [1.165, 1.54) is 18.6 Å². The van der Waals surface area contributed by atoms with E-state index >= 15 is 0 Å². The molecule has 0 aliphatic carbocycles. The van der Waals surface area contributed by atoms with E-state index in [-0.39, 0.29) is 5.82 Å². The first-order chi connectivity index (χ1) is 11.7. The van der Waals surface area contributed by atoms with Crippen LogP contribution in [0.4, 0.5) is 4.39 Å². The molecule has 0 bridgehead atoms. The molecule has 1 aliphatic rings. The third kappa shape index (κ3) is 5.03. The van der Waals surface area contributed by atoms with E-state index in [0.29, 0.717) is 12.7 Å². The molecule has 128 valence electrons. The Morgan fingerprint density at radius 1 is 1.21 bits per heavy atom. The molecule has 0 radical (unpaired) electrons. The maximum Gasteiger partial charge on any atom is 0.128 e. The van der Waals surface area contributed by atoms with Crippen LogP contribution in [-0.4, -0.2) is 19.3 Å². The Balaban J connectivity index is 1.58. The van der Waals surface area contributed by atoms with Gasteiger partial charge in [0, 0.05) is 16.6 Å². The zero-order chi connectivity index (χ0) is 16.8. The molecule has 1 saturated heterocycles. The van der Waals surface area contributed by atoms with Crippen molar-refractivity contribution in [3.63, 3.8) is 0 Å². The average molecular weight is 395 g/mol. The highest BCUT2D eigenvalue weighted by Crippen LogP contribution is 2.23. The predicted molar refractivity (Wildman–Crippen MR) is 94.3 cm³/mol. The highest BCUT2D eigenvalue weighted by atomic mass is 79.9. The number of quaternary nitrogens is 1. The average Bonchev–Trinajstić information content (AvgIpc) is 3.09. The van der Waals surface area contributed by atoms with Crippen LogP contribution in [-0.2, 0) is 17.9 Å². The fourth-order valence-electron chi connectivity index (χ4n) is 2.85. The second-order valence-corrected chi connectivity index (χ2v) is 6.95. The minimum atomic E-state index is -0.230. The minimum absolute atomic E-state index is 0.230. The van der Waals surface area contributed by atoms with E-state index in [4.69, 9.17) is 9.47 Å². The Morgan fingerprint density at radius 3 is 2.79 bits per heavy atom.